The van der Waals surface area contributed by atoms with Crippen molar-refractivity contribution >= 4 is 38.6 Å². The van der Waals surface area contributed by atoms with E-state index in [4.69, 9.17) is 11.0 Å². The Morgan fingerprint density at radius 3 is 2.84 bits per heavy atom. The van der Waals surface area contributed by atoms with E-state index in [1.165, 1.54) is 4.88 Å². The van der Waals surface area contributed by atoms with Crippen LogP contribution >= 0.6 is 27.3 Å². The first kappa shape index (κ1) is 13.9. The van der Waals surface area contributed by atoms with E-state index in [9.17, 15) is 0 Å². The first-order valence-electron chi connectivity index (χ1n) is 5.92. The van der Waals surface area contributed by atoms with Crippen LogP contribution in [0, 0.1) is 11.3 Å². The molecule has 0 saturated heterocycles. The lowest BCUT2D eigenvalue weighted by Crippen LogP contribution is -2.05. The molecule has 5 heteroatoms. The Morgan fingerprint density at radius 2 is 2.16 bits per heavy atom. The molecule has 0 saturated carbocycles. The summed E-state index contributed by atoms with van der Waals surface area (Å²) in [5.41, 5.74) is 8.38. The molecule has 1 heterocycles. The molecule has 0 aliphatic rings. The smallest absolute Gasteiger partial charge is 0.0701 e. The maximum atomic E-state index is 8.73. The van der Waals surface area contributed by atoms with Crippen molar-refractivity contribution in [2.45, 2.75) is 12.8 Å². The van der Waals surface area contributed by atoms with E-state index in [0.717, 1.165) is 28.0 Å². The second-order valence-electron chi connectivity index (χ2n) is 4.13. The number of halogens is 1. The highest BCUT2D eigenvalue weighted by molar-refractivity contribution is 9.11. The molecule has 0 unspecified atom stereocenters. The lowest BCUT2D eigenvalue weighted by atomic mass is 10.1. The normalized spacial score (nSPS) is 10.1. The van der Waals surface area contributed by atoms with E-state index in [2.05, 4.69) is 39.4 Å². The van der Waals surface area contributed by atoms with Crippen molar-refractivity contribution in [3.63, 3.8) is 0 Å². The van der Waals surface area contributed by atoms with E-state index in [1.807, 2.05) is 18.2 Å². The van der Waals surface area contributed by atoms with Crippen LogP contribution in [-0.4, -0.2) is 6.54 Å². The zero-order chi connectivity index (χ0) is 13.7. The van der Waals surface area contributed by atoms with Gasteiger partial charge in [-0.05, 0) is 58.2 Å². The molecule has 1 aromatic carbocycles. The fourth-order valence-electron chi connectivity index (χ4n) is 1.77. The van der Waals surface area contributed by atoms with E-state index in [-0.39, 0.29) is 0 Å². The maximum Gasteiger partial charge on any atom is 0.0701 e. The van der Waals surface area contributed by atoms with Crippen LogP contribution in [0.2, 0.25) is 0 Å². The largest absolute Gasteiger partial charge is 0.398 e. The van der Waals surface area contributed by atoms with E-state index >= 15 is 0 Å². The second kappa shape index (κ2) is 6.60. The monoisotopic (exact) mass is 335 g/mol. The molecule has 0 bridgehead atoms. The summed E-state index contributed by atoms with van der Waals surface area (Å²) in [5.74, 6) is 0. The second-order valence-corrected chi connectivity index (χ2v) is 6.68. The average molecular weight is 336 g/mol. The number of thiophene rings is 1. The molecule has 1 aromatic heterocycles. The standard InChI is InChI=1S/C14H14BrN3S/c15-14-4-2-12(19-14)6-8-18-11-1-3-13(17)10(9-11)5-7-16/h1-4,9,18H,5-6,8,17H2. The molecule has 3 nitrogen and oxygen atoms in total. The number of nitrogen functional groups attached to an aromatic ring is 1. The summed E-state index contributed by atoms with van der Waals surface area (Å²) >= 11 is 5.21. The van der Waals surface area contributed by atoms with Gasteiger partial charge < -0.3 is 11.1 Å². The Balaban J connectivity index is 1.92. The van der Waals surface area contributed by atoms with Gasteiger partial charge in [0.05, 0.1) is 16.3 Å². The van der Waals surface area contributed by atoms with Gasteiger partial charge in [0.15, 0.2) is 0 Å². The third-order valence-electron chi connectivity index (χ3n) is 2.74. The zero-order valence-electron chi connectivity index (χ0n) is 10.3. The van der Waals surface area contributed by atoms with Crippen LogP contribution in [0.25, 0.3) is 0 Å². The number of rotatable bonds is 5. The topological polar surface area (TPSA) is 61.8 Å². The first-order chi connectivity index (χ1) is 9.19. The predicted octanol–water partition coefficient (Wildman–Crippen LogP) is 3.81. The van der Waals surface area contributed by atoms with Crippen molar-refractivity contribution < 1.29 is 0 Å². The minimum absolute atomic E-state index is 0.346. The van der Waals surface area contributed by atoms with Gasteiger partial charge in [-0.2, -0.15) is 5.26 Å². The number of hydrogen-bond donors (Lipinski definition) is 2. The quantitative estimate of drug-likeness (QED) is 0.816. The van der Waals surface area contributed by atoms with Gasteiger partial charge >= 0.3 is 0 Å². The Morgan fingerprint density at radius 1 is 1.32 bits per heavy atom. The zero-order valence-corrected chi connectivity index (χ0v) is 12.7. The van der Waals surface area contributed by atoms with E-state index in [1.54, 1.807) is 11.3 Å². The number of anilines is 2. The SMILES string of the molecule is N#CCc1cc(NCCc2ccc(Br)s2)ccc1N. The molecular formula is C14H14BrN3S. The van der Waals surface area contributed by atoms with E-state index in [0.29, 0.717) is 12.1 Å². The van der Waals surface area contributed by atoms with Crippen molar-refractivity contribution in [3.8, 4) is 6.07 Å². The number of nitrogens with two attached hydrogens (primary N) is 1. The first-order valence-corrected chi connectivity index (χ1v) is 7.53. The molecular weight excluding hydrogens is 322 g/mol. The number of hydrogen-bond acceptors (Lipinski definition) is 4. The van der Waals surface area contributed by atoms with Crippen molar-refractivity contribution in [3.05, 3.63) is 44.6 Å². The summed E-state index contributed by atoms with van der Waals surface area (Å²) < 4.78 is 1.16. The molecule has 2 rings (SSSR count). The van der Waals surface area contributed by atoms with E-state index < -0.39 is 0 Å². The van der Waals surface area contributed by atoms with Gasteiger partial charge in [0.25, 0.3) is 0 Å². The fourth-order valence-corrected chi connectivity index (χ4v) is 3.25. The van der Waals surface area contributed by atoms with Crippen LogP contribution in [0.3, 0.4) is 0 Å². The third-order valence-corrected chi connectivity index (χ3v) is 4.43. The predicted molar refractivity (Wildman–Crippen MR) is 84.4 cm³/mol. The minimum atomic E-state index is 0.346. The van der Waals surface area contributed by atoms with Gasteiger partial charge in [-0.1, -0.05) is 0 Å². The lowest BCUT2D eigenvalue weighted by molar-refractivity contribution is 1.04. The summed E-state index contributed by atoms with van der Waals surface area (Å²) in [7, 11) is 0. The third kappa shape index (κ3) is 3.98. The van der Waals surface area contributed by atoms with Crippen molar-refractivity contribution in [1.82, 2.24) is 0 Å². The summed E-state index contributed by atoms with van der Waals surface area (Å²) in [6, 6.07) is 12.1. The maximum absolute atomic E-state index is 8.73. The molecule has 0 aliphatic carbocycles. The van der Waals surface area contributed by atoms with Gasteiger partial charge in [0.1, 0.15) is 0 Å². The lowest BCUT2D eigenvalue weighted by Gasteiger charge is -2.08. The molecule has 2 aromatic rings. The summed E-state index contributed by atoms with van der Waals surface area (Å²) in [6.07, 6.45) is 1.33. The van der Waals surface area contributed by atoms with Crippen LogP contribution in [0.1, 0.15) is 10.4 Å². The van der Waals surface area contributed by atoms with Crippen molar-refractivity contribution in [1.29, 1.82) is 5.26 Å². The molecule has 0 spiro atoms. The number of benzene rings is 1. The molecule has 3 N–H and O–H groups in total. The highest BCUT2D eigenvalue weighted by atomic mass is 79.9. The van der Waals surface area contributed by atoms with Crippen molar-refractivity contribution in [2.75, 3.05) is 17.6 Å². The van der Waals surface area contributed by atoms with Gasteiger partial charge in [-0.25, -0.2) is 0 Å². The Kier molecular flexibility index (Phi) is 4.83. The average Bonchev–Trinajstić information content (AvgIpc) is 2.79. The highest BCUT2D eigenvalue weighted by Crippen LogP contribution is 2.23. The number of nitrogens with zero attached hydrogens (tertiary/aromatic N) is 1. The number of nitrogens with one attached hydrogen (secondary N) is 1. The molecule has 98 valence electrons. The Labute approximate surface area is 125 Å². The molecule has 0 fully saturated rings. The molecule has 19 heavy (non-hydrogen) atoms. The van der Waals surface area contributed by atoms with Crippen LogP contribution in [0.5, 0.6) is 0 Å². The summed E-state index contributed by atoms with van der Waals surface area (Å²) in [6.45, 7) is 0.864. The van der Waals surface area contributed by atoms with Crippen LogP contribution < -0.4 is 11.1 Å². The minimum Gasteiger partial charge on any atom is -0.398 e. The molecule has 0 aliphatic heterocycles. The fraction of sp³-hybridized carbons (Fsp3) is 0.214. The summed E-state index contributed by atoms with van der Waals surface area (Å²) in [5, 5.41) is 12.1. The van der Waals surface area contributed by atoms with Gasteiger partial charge in [-0.15, -0.1) is 11.3 Å². The Bertz CT molecular complexity index is 601. The Hall–Kier alpha value is -1.51. The van der Waals surface area contributed by atoms with Crippen LogP contribution in [-0.2, 0) is 12.8 Å². The summed E-state index contributed by atoms with van der Waals surface area (Å²) in [4.78, 5) is 1.34. The van der Waals surface area contributed by atoms with Gasteiger partial charge in [-0.3, -0.25) is 0 Å². The van der Waals surface area contributed by atoms with Gasteiger partial charge in [0.2, 0.25) is 0 Å². The number of nitriles is 1. The van der Waals surface area contributed by atoms with Gasteiger partial charge in [0, 0.05) is 22.8 Å². The molecule has 0 radical (unpaired) electrons. The molecule has 0 amide bonds. The van der Waals surface area contributed by atoms with Crippen molar-refractivity contribution in [2.24, 2.45) is 0 Å². The van der Waals surface area contributed by atoms with Crippen LogP contribution in [0.15, 0.2) is 34.1 Å². The molecule has 0 atom stereocenters. The highest BCUT2D eigenvalue weighted by Gasteiger charge is 2.01. The van der Waals surface area contributed by atoms with Crippen LogP contribution in [0.4, 0.5) is 11.4 Å².